The predicted molar refractivity (Wildman–Crippen MR) is 100 cm³/mol. The Kier molecular flexibility index (Phi) is 4.81. The molecule has 0 fully saturated rings. The van der Waals surface area contributed by atoms with Crippen molar-refractivity contribution < 1.29 is 27.5 Å². The van der Waals surface area contributed by atoms with Gasteiger partial charge in [0.15, 0.2) is 6.10 Å². The van der Waals surface area contributed by atoms with Gasteiger partial charge in [0.05, 0.1) is 37.5 Å². The molecule has 2 heterocycles. The lowest BCUT2D eigenvalue weighted by Gasteiger charge is -2.15. The molecular formula is C20H18F3N3O3. The molecule has 0 saturated carbocycles. The summed E-state index contributed by atoms with van der Waals surface area (Å²) < 4.78 is 52.2. The van der Waals surface area contributed by atoms with Gasteiger partial charge >= 0.3 is 6.18 Å². The monoisotopic (exact) mass is 405 g/mol. The molecule has 0 saturated heterocycles. The van der Waals surface area contributed by atoms with E-state index in [0.717, 1.165) is 4.57 Å². The number of aromatic nitrogens is 2. The van der Waals surface area contributed by atoms with Gasteiger partial charge in [-0.2, -0.15) is 13.2 Å². The van der Waals surface area contributed by atoms with Gasteiger partial charge in [-0.3, -0.25) is 0 Å². The zero-order valence-corrected chi connectivity index (χ0v) is 15.7. The third-order valence-corrected chi connectivity index (χ3v) is 4.75. The first-order valence-corrected chi connectivity index (χ1v) is 8.88. The van der Waals surface area contributed by atoms with Crippen LogP contribution in [0, 0.1) is 0 Å². The molecule has 2 aromatic carbocycles. The maximum absolute atomic E-state index is 13.5. The van der Waals surface area contributed by atoms with Crippen molar-refractivity contribution >= 4 is 16.7 Å². The predicted octanol–water partition coefficient (Wildman–Crippen LogP) is 4.27. The van der Waals surface area contributed by atoms with E-state index in [9.17, 15) is 13.2 Å². The quantitative estimate of drug-likeness (QED) is 0.636. The van der Waals surface area contributed by atoms with Crippen molar-refractivity contribution in [3.8, 4) is 11.5 Å². The van der Waals surface area contributed by atoms with Crippen molar-refractivity contribution in [3.63, 3.8) is 0 Å². The molecule has 0 bridgehead atoms. The molecule has 3 aromatic rings. The molecular weight excluding hydrogens is 387 g/mol. The lowest BCUT2D eigenvalue weighted by atomic mass is 10.0. The molecule has 1 aromatic heterocycles. The van der Waals surface area contributed by atoms with Crippen LogP contribution in [-0.4, -0.2) is 35.6 Å². The highest BCUT2D eigenvalue weighted by Gasteiger charge is 2.38. The zero-order valence-electron chi connectivity index (χ0n) is 15.7. The third-order valence-electron chi connectivity index (χ3n) is 4.75. The molecule has 0 N–H and O–H groups in total. The summed E-state index contributed by atoms with van der Waals surface area (Å²) in [4.78, 5) is 9.21. The van der Waals surface area contributed by atoms with Crippen LogP contribution in [0.1, 0.15) is 17.8 Å². The summed E-state index contributed by atoms with van der Waals surface area (Å²) in [6.07, 6.45) is -4.79. The Hall–Kier alpha value is -3.23. The molecule has 0 radical (unpaired) electrons. The summed E-state index contributed by atoms with van der Waals surface area (Å²) in [6, 6.07) is 11.8. The van der Waals surface area contributed by atoms with E-state index in [4.69, 9.17) is 14.3 Å². The van der Waals surface area contributed by atoms with Gasteiger partial charge < -0.3 is 18.9 Å². The number of halogens is 3. The normalized spacial score (nSPS) is 16.6. The second-order valence-corrected chi connectivity index (χ2v) is 6.57. The molecule has 0 amide bonds. The minimum absolute atomic E-state index is 0.0270. The van der Waals surface area contributed by atoms with E-state index in [0.29, 0.717) is 34.7 Å². The molecule has 9 heteroatoms. The van der Waals surface area contributed by atoms with E-state index in [1.54, 1.807) is 49.6 Å². The summed E-state index contributed by atoms with van der Waals surface area (Å²) in [5.41, 5.74) is 2.00. The number of oxime groups is 1. The van der Waals surface area contributed by atoms with E-state index in [2.05, 4.69) is 10.1 Å². The molecule has 29 heavy (non-hydrogen) atoms. The minimum Gasteiger partial charge on any atom is -0.497 e. The number of imidazole rings is 1. The van der Waals surface area contributed by atoms with Crippen LogP contribution in [0.15, 0.2) is 47.6 Å². The Morgan fingerprint density at radius 3 is 2.66 bits per heavy atom. The van der Waals surface area contributed by atoms with Crippen LogP contribution in [0.2, 0.25) is 0 Å². The van der Waals surface area contributed by atoms with Crippen molar-refractivity contribution in [2.45, 2.75) is 25.2 Å². The number of methoxy groups -OCH3 is 2. The number of hydrogen-bond acceptors (Lipinski definition) is 5. The van der Waals surface area contributed by atoms with Crippen LogP contribution in [0.3, 0.4) is 0 Å². The van der Waals surface area contributed by atoms with Gasteiger partial charge in [-0.05, 0) is 24.3 Å². The molecule has 1 aliphatic rings. The maximum atomic E-state index is 13.5. The number of fused-ring (bicyclic) bond motifs is 1. The number of para-hydroxylation sites is 2. The van der Waals surface area contributed by atoms with Gasteiger partial charge in [0, 0.05) is 18.1 Å². The number of rotatable bonds is 5. The smallest absolute Gasteiger partial charge is 0.449 e. The van der Waals surface area contributed by atoms with Crippen molar-refractivity contribution in [1.29, 1.82) is 0 Å². The standard InChI is InChI=1S/C20H18F3N3O3/c1-27-12-7-8-14(18(10-12)28-2)16-9-13(29-25-16)11-26-17-6-4-3-5-15(17)24-19(26)20(21,22)23/h3-8,10,13H,9,11H2,1-2H3/t13-/m1/s1. The Bertz CT molecular complexity index is 1080. The number of nitrogens with zero attached hydrogens (tertiary/aromatic N) is 3. The highest BCUT2D eigenvalue weighted by atomic mass is 19.4. The van der Waals surface area contributed by atoms with Gasteiger partial charge in [0.1, 0.15) is 11.5 Å². The lowest BCUT2D eigenvalue weighted by Crippen LogP contribution is -2.22. The minimum atomic E-state index is -4.57. The second kappa shape index (κ2) is 7.31. The highest BCUT2D eigenvalue weighted by molar-refractivity contribution is 6.03. The van der Waals surface area contributed by atoms with Crippen LogP contribution in [0.4, 0.5) is 13.2 Å². The van der Waals surface area contributed by atoms with Crippen LogP contribution in [0.25, 0.3) is 11.0 Å². The van der Waals surface area contributed by atoms with Gasteiger partial charge in [0.25, 0.3) is 0 Å². The van der Waals surface area contributed by atoms with Crippen LogP contribution < -0.4 is 9.47 Å². The van der Waals surface area contributed by atoms with Crippen molar-refractivity contribution in [2.24, 2.45) is 5.16 Å². The van der Waals surface area contributed by atoms with E-state index in [-0.39, 0.29) is 12.1 Å². The fourth-order valence-corrected chi connectivity index (χ4v) is 3.40. The van der Waals surface area contributed by atoms with E-state index in [1.165, 1.54) is 7.11 Å². The molecule has 1 aliphatic heterocycles. The Labute approximate surface area is 164 Å². The molecule has 152 valence electrons. The second-order valence-electron chi connectivity index (χ2n) is 6.57. The first-order chi connectivity index (χ1) is 13.9. The summed E-state index contributed by atoms with van der Waals surface area (Å²) in [5.74, 6) is 0.232. The van der Waals surface area contributed by atoms with Gasteiger partial charge in [-0.1, -0.05) is 17.3 Å². The highest BCUT2D eigenvalue weighted by Crippen LogP contribution is 2.33. The number of hydrogen-bond donors (Lipinski definition) is 0. The molecule has 1 atom stereocenters. The van der Waals surface area contributed by atoms with Crippen molar-refractivity contribution in [3.05, 3.63) is 53.9 Å². The SMILES string of the molecule is COc1ccc(C2=NO[C@@H](Cn3c(C(F)(F)F)nc4ccccc43)C2)c(OC)c1. The Morgan fingerprint density at radius 2 is 1.93 bits per heavy atom. The molecule has 0 spiro atoms. The van der Waals surface area contributed by atoms with Crippen LogP contribution in [0.5, 0.6) is 11.5 Å². The van der Waals surface area contributed by atoms with Gasteiger partial charge in [0.2, 0.25) is 5.82 Å². The Balaban J connectivity index is 1.60. The fraction of sp³-hybridized carbons (Fsp3) is 0.300. The van der Waals surface area contributed by atoms with Gasteiger partial charge in [-0.15, -0.1) is 0 Å². The first-order valence-electron chi connectivity index (χ1n) is 8.88. The molecule has 0 aliphatic carbocycles. The number of alkyl halides is 3. The topological polar surface area (TPSA) is 57.9 Å². The third kappa shape index (κ3) is 3.59. The van der Waals surface area contributed by atoms with E-state index < -0.39 is 18.1 Å². The van der Waals surface area contributed by atoms with Gasteiger partial charge in [-0.25, -0.2) is 4.98 Å². The number of ether oxygens (including phenoxy) is 2. The van der Waals surface area contributed by atoms with Crippen LogP contribution >= 0.6 is 0 Å². The zero-order chi connectivity index (χ0) is 20.6. The summed E-state index contributed by atoms with van der Waals surface area (Å²) in [5, 5.41) is 4.08. The maximum Gasteiger partial charge on any atom is 0.449 e. The molecule has 0 unspecified atom stereocenters. The average molecular weight is 405 g/mol. The van der Waals surface area contributed by atoms with E-state index >= 15 is 0 Å². The van der Waals surface area contributed by atoms with E-state index in [1.807, 2.05) is 0 Å². The number of benzene rings is 2. The summed E-state index contributed by atoms with van der Waals surface area (Å²) in [6.45, 7) is -0.0270. The molecule has 4 rings (SSSR count). The van der Waals surface area contributed by atoms with Crippen molar-refractivity contribution in [1.82, 2.24) is 9.55 Å². The summed E-state index contributed by atoms with van der Waals surface area (Å²) in [7, 11) is 3.08. The lowest BCUT2D eigenvalue weighted by molar-refractivity contribution is -0.147. The average Bonchev–Trinajstić information content (AvgIpc) is 3.33. The molecule has 6 nitrogen and oxygen atoms in total. The van der Waals surface area contributed by atoms with Crippen LogP contribution in [-0.2, 0) is 17.6 Å². The summed E-state index contributed by atoms with van der Waals surface area (Å²) >= 11 is 0. The van der Waals surface area contributed by atoms with Crippen molar-refractivity contribution in [2.75, 3.05) is 14.2 Å². The Morgan fingerprint density at radius 1 is 1.14 bits per heavy atom. The fourth-order valence-electron chi connectivity index (χ4n) is 3.40. The first kappa shape index (κ1) is 19.1. The largest absolute Gasteiger partial charge is 0.497 e.